The minimum atomic E-state index is -0.766. The van der Waals surface area contributed by atoms with Gasteiger partial charge in [-0.05, 0) is 53.8 Å². The topological polar surface area (TPSA) is 120 Å². The van der Waals surface area contributed by atoms with Crippen LogP contribution in [0, 0.1) is 17.2 Å². The van der Waals surface area contributed by atoms with Crippen LogP contribution in [0.25, 0.3) is 33.7 Å². The number of carbonyl (C=O) groups is 1. The molecule has 1 aliphatic carbocycles. The van der Waals surface area contributed by atoms with Gasteiger partial charge in [0.05, 0.1) is 23.1 Å². The first-order valence-electron chi connectivity index (χ1n) is 12.4. The van der Waals surface area contributed by atoms with E-state index < -0.39 is 5.97 Å². The Hall–Kier alpha value is -3.90. The van der Waals surface area contributed by atoms with Crippen molar-refractivity contribution in [2.45, 2.75) is 18.9 Å². The molecular formula is C29H24ClN3O5. The number of fused-ring (bicyclic) bond motifs is 2. The number of nitriles is 1. The number of hydrogen-bond donors (Lipinski definition) is 2. The molecule has 8 nitrogen and oxygen atoms in total. The van der Waals surface area contributed by atoms with Crippen LogP contribution in [0.15, 0.2) is 52.9 Å². The largest absolute Gasteiger partial charge is 0.491 e. The first-order chi connectivity index (χ1) is 18.5. The summed E-state index contributed by atoms with van der Waals surface area (Å²) in [5.74, 6) is -0.156. The van der Waals surface area contributed by atoms with Crippen LogP contribution in [0.2, 0.25) is 5.02 Å². The molecule has 38 heavy (non-hydrogen) atoms. The number of oxazole rings is 1. The highest BCUT2D eigenvalue weighted by molar-refractivity contribution is 6.36. The highest BCUT2D eigenvalue weighted by Crippen LogP contribution is 2.44. The van der Waals surface area contributed by atoms with Crippen molar-refractivity contribution in [2.24, 2.45) is 5.92 Å². The molecule has 6 rings (SSSR count). The van der Waals surface area contributed by atoms with E-state index in [1.54, 1.807) is 0 Å². The maximum absolute atomic E-state index is 11.3. The molecular weight excluding hydrogens is 506 g/mol. The molecule has 2 N–H and O–H groups in total. The van der Waals surface area contributed by atoms with Crippen LogP contribution in [0.3, 0.4) is 0 Å². The Bertz CT molecular complexity index is 1600. The third-order valence-corrected chi connectivity index (χ3v) is 7.80. The average molecular weight is 530 g/mol. The van der Waals surface area contributed by atoms with Crippen LogP contribution in [-0.2, 0) is 11.2 Å². The zero-order valence-corrected chi connectivity index (χ0v) is 21.1. The fraction of sp³-hybridized carbons (Fsp3) is 0.276. The molecule has 9 heteroatoms. The lowest BCUT2D eigenvalue weighted by molar-refractivity contribution is -0.148. The first-order valence-corrected chi connectivity index (χ1v) is 12.8. The number of hydrogen-bond acceptors (Lipinski definition) is 7. The van der Waals surface area contributed by atoms with Crippen LogP contribution in [0.4, 0.5) is 0 Å². The van der Waals surface area contributed by atoms with Crippen molar-refractivity contribution >= 4 is 28.7 Å². The van der Waals surface area contributed by atoms with Crippen LogP contribution >= 0.6 is 11.6 Å². The normalized spacial score (nSPS) is 17.2. The molecule has 0 amide bonds. The van der Waals surface area contributed by atoms with Crippen LogP contribution < -0.4 is 4.74 Å². The number of aliphatic carboxylic acids is 1. The zero-order valence-electron chi connectivity index (χ0n) is 20.4. The molecule has 0 saturated carbocycles. The van der Waals surface area contributed by atoms with E-state index in [1.165, 1.54) is 0 Å². The Morgan fingerprint density at radius 3 is 2.76 bits per heavy atom. The predicted octanol–water partition coefficient (Wildman–Crippen LogP) is 5.06. The monoisotopic (exact) mass is 529 g/mol. The second-order valence-electron chi connectivity index (χ2n) is 9.61. The number of benzene rings is 3. The Kier molecular flexibility index (Phi) is 6.28. The lowest BCUT2D eigenvalue weighted by atomic mass is 9.94. The van der Waals surface area contributed by atoms with Gasteiger partial charge in [-0.15, -0.1) is 0 Å². The number of rotatable bonds is 7. The van der Waals surface area contributed by atoms with Crippen LogP contribution in [-0.4, -0.2) is 52.4 Å². The number of likely N-dealkylation sites (tertiary alicyclic amines) is 1. The Morgan fingerprint density at radius 2 is 2.00 bits per heavy atom. The van der Waals surface area contributed by atoms with Crippen molar-refractivity contribution in [2.75, 3.05) is 26.3 Å². The molecule has 3 aromatic carbocycles. The number of aliphatic hydroxyl groups is 1. The highest BCUT2D eigenvalue weighted by atomic mass is 35.5. The maximum atomic E-state index is 11.3. The van der Waals surface area contributed by atoms with Crippen molar-refractivity contribution in [3.63, 3.8) is 0 Å². The quantitative estimate of drug-likeness (QED) is 0.341. The number of aromatic nitrogens is 1. The molecule has 1 atom stereocenters. The summed E-state index contributed by atoms with van der Waals surface area (Å²) < 4.78 is 11.7. The average Bonchev–Trinajstić information content (AvgIpc) is 3.49. The van der Waals surface area contributed by atoms with E-state index in [0.29, 0.717) is 52.0 Å². The fourth-order valence-corrected chi connectivity index (χ4v) is 5.82. The number of ether oxygens (including phenoxy) is 1. The van der Waals surface area contributed by atoms with Gasteiger partial charge in [-0.1, -0.05) is 35.9 Å². The summed E-state index contributed by atoms with van der Waals surface area (Å²) in [6.45, 7) is 1.15. The van der Waals surface area contributed by atoms with E-state index in [2.05, 4.69) is 11.0 Å². The van der Waals surface area contributed by atoms with Gasteiger partial charge in [-0.25, -0.2) is 4.98 Å². The summed E-state index contributed by atoms with van der Waals surface area (Å²) in [6, 6.07) is 17.4. The summed E-state index contributed by atoms with van der Waals surface area (Å²) in [5.41, 5.74) is 5.70. The lowest BCUT2D eigenvalue weighted by Crippen LogP contribution is -2.51. The molecule has 1 fully saturated rings. The highest BCUT2D eigenvalue weighted by Gasteiger charge is 2.40. The summed E-state index contributed by atoms with van der Waals surface area (Å²) in [6.07, 6.45) is 1.57. The minimum Gasteiger partial charge on any atom is -0.491 e. The Morgan fingerprint density at radius 1 is 1.21 bits per heavy atom. The van der Waals surface area contributed by atoms with Crippen LogP contribution in [0.1, 0.15) is 29.2 Å². The zero-order chi connectivity index (χ0) is 26.4. The number of nitrogens with zero attached hydrogens (tertiary/aromatic N) is 3. The van der Waals surface area contributed by atoms with Gasteiger partial charge in [0.2, 0.25) is 5.89 Å². The predicted molar refractivity (Wildman–Crippen MR) is 141 cm³/mol. The molecule has 192 valence electrons. The van der Waals surface area contributed by atoms with E-state index in [9.17, 15) is 15.2 Å². The van der Waals surface area contributed by atoms with Gasteiger partial charge in [0.25, 0.3) is 0 Å². The summed E-state index contributed by atoms with van der Waals surface area (Å²) >= 11 is 6.87. The summed E-state index contributed by atoms with van der Waals surface area (Å²) in [7, 11) is 0. The Balaban J connectivity index is 1.37. The van der Waals surface area contributed by atoms with E-state index in [4.69, 9.17) is 30.8 Å². The molecule has 0 radical (unpaired) electrons. The first kappa shape index (κ1) is 24.4. The van der Waals surface area contributed by atoms with Crippen molar-refractivity contribution in [3.05, 3.63) is 70.2 Å². The third kappa shape index (κ3) is 4.09. The number of halogens is 1. The van der Waals surface area contributed by atoms with Gasteiger partial charge in [0.1, 0.15) is 29.5 Å². The maximum Gasteiger partial charge on any atom is 0.309 e. The van der Waals surface area contributed by atoms with Gasteiger partial charge in [-0.3, -0.25) is 9.69 Å². The van der Waals surface area contributed by atoms with Gasteiger partial charge in [-0.2, -0.15) is 5.26 Å². The number of carboxylic acid groups (broad SMARTS) is 1. The van der Waals surface area contributed by atoms with E-state index in [0.717, 1.165) is 35.1 Å². The second-order valence-corrected chi connectivity index (χ2v) is 9.99. The summed E-state index contributed by atoms with van der Waals surface area (Å²) in [5, 5.41) is 28.8. The van der Waals surface area contributed by atoms with Gasteiger partial charge in [0.15, 0.2) is 5.58 Å². The standard InChI is InChI=1S/C29H24ClN3O5/c30-26-19(16-3-1-4-18(11-16)37-10-9-34)5-2-6-21(26)28-32-24-12-22-20(23(13-31)27(24)38-28)7-8-25(22)33-14-17(15-33)29(35)36/h1-6,11-12,17,25,34H,7-10,14-15H2,(H,35,36)/t25-/m0/s1. The number of aliphatic hydroxyl groups excluding tert-OH is 1. The van der Waals surface area contributed by atoms with Gasteiger partial charge in [0, 0.05) is 24.7 Å². The van der Waals surface area contributed by atoms with Crippen molar-refractivity contribution in [1.82, 2.24) is 9.88 Å². The molecule has 2 heterocycles. The van der Waals surface area contributed by atoms with Crippen molar-refractivity contribution < 1.29 is 24.2 Å². The third-order valence-electron chi connectivity index (χ3n) is 7.40. The number of carboxylic acids is 1. The molecule has 1 saturated heterocycles. The van der Waals surface area contributed by atoms with Gasteiger partial charge < -0.3 is 19.4 Å². The molecule has 1 aliphatic heterocycles. The second kappa shape index (κ2) is 9.76. The molecule has 2 aliphatic rings. The van der Waals surface area contributed by atoms with Gasteiger partial charge >= 0.3 is 5.97 Å². The lowest BCUT2D eigenvalue weighted by Gasteiger charge is -2.41. The molecule has 0 unspecified atom stereocenters. The Labute approximate surface area is 223 Å². The minimum absolute atomic E-state index is 0.0736. The fourth-order valence-electron chi connectivity index (χ4n) is 5.50. The van der Waals surface area contributed by atoms with Crippen molar-refractivity contribution in [3.8, 4) is 34.4 Å². The molecule has 0 bridgehead atoms. The van der Waals surface area contributed by atoms with Crippen molar-refractivity contribution in [1.29, 1.82) is 5.26 Å². The summed E-state index contributed by atoms with van der Waals surface area (Å²) in [4.78, 5) is 18.2. The smallest absolute Gasteiger partial charge is 0.309 e. The SMILES string of the molecule is N#Cc1c2c(cc3nc(-c4cccc(-c5cccc(OCCO)c5)c4Cl)oc13)[C@@H](N1CC(C(=O)O)C1)CC2. The van der Waals surface area contributed by atoms with E-state index in [-0.39, 0.29) is 25.2 Å². The molecule has 0 spiro atoms. The van der Waals surface area contributed by atoms with Crippen LogP contribution in [0.5, 0.6) is 5.75 Å². The van der Waals surface area contributed by atoms with E-state index in [1.807, 2.05) is 48.5 Å². The molecule has 1 aromatic heterocycles. The van der Waals surface area contributed by atoms with E-state index >= 15 is 0 Å². The molecule has 4 aromatic rings.